The highest BCUT2D eigenvalue weighted by Gasteiger charge is 2.33. The highest BCUT2D eigenvalue weighted by atomic mass is 32.2. The number of aromatic nitrogens is 1. The second-order valence-corrected chi connectivity index (χ2v) is 10.8. The Morgan fingerprint density at radius 1 is 1.19 bits per heavy atom. The van der Waals surface area contributed by atoms with Crippen molar-refractivity contribution in [3.05, 3.63) is 64.8 Å². The number of nitrogens with one attached hydrogen (secondary N) is 1. The van der Waals surface area contributed by atoms with Crippen molar-refractivity contribution in [2.75, 3.05) is 18.4 Å². The van der Waals surface area contributed by atoms with E-state index in [0.29, 0.717) is 24.5 Å². The Hall–Kier alpha value is -2.62. The Labute approximate surface area is 191 Å². The zero-order chi connectivity index (χ0) is 22.9. The number of sulfonamides is 1. The number of rotatable bonds is 5. The van der Waals surface area contributed by atoms with Crippen LogP contribution >= 0.6 is 11.3 Å². The number of piperidine rings is 1. The van der Waals surface area contributed by atoms with Gasteiger partial charge in [-0.25, -0.2) is 17.8 Å². The van der Waals surface area contributed by atoms with Crippen molar-refractivity contribution in [2.45, 2.75) is 31.6 Å². The Bertz CT molecular complexity index is 1240. The van der Waals surface area contributed by atoms with Crippen molar-refractivity contribution in [3.63, 3.8) is 0 Å². The third kappa shape index (κ3) is 4.74. The third-order valence-electron chi connectivity index (χ3n) is 5.60. The summed E-state index contributed by atoms with van der Waals surface area (Å²) in [4.78, 5) is 17.4. The molecule has 1 atom stereocenters. The van der Waals surface area contributed by atoms with E-state index in [1.165, 1.54) is 33.3 Å². The Kier molecular flexibility index (Phi) is 6.41. The van der Waals surface area contributed by atoms with Gasteiger partial charge in [-0.05, 0) is 56.5 Å². The summed E-state index contributed by atoms with van der Waals surface area (Å²) in [7, 11) is -3.78. The first-order valence-corrected chi connectivity index (χ1v) is 12.7. The molecule has 9 heteroatoms. The minimum Gasteiger partial charge on any atom is -0.302 e. The minimum absolute atomic E-state index is 0.0259. The molecule has 1 aliphatic rings. The molecule has 32 heavy (non-hydrogen) atoms. The first-order valence-electron chi connectivity index (χ1n) is 10.3. The van der Waals surface area contributed by atoms with Crippen molar-refractivity contribution in [1.29, 1.82) is 0 Å². The van der Waals surface area contributed by atoms with Gasteiger partial charge in [0.25, 0.3) is 0 Å². The maximum absolute atomic E-state index is 13.2. The largest absolute Gasteiger partial charge is 0.302 e. The number of aryl methyl sites for hydroxylation is 2. The molecule has 0 spiro atoms. The summed E-state index contributed by atoms with van der Waals surface area (Å²) in [6.45, 7) is 4.48. The third-order valence-corrected chi connectivity index (χ3v) is 8.24. The molecule has 3 aromatic rings. The van der Waals surface area contributed by atoms with E-state index in [1.807, 2.05) is 31.4 Å². The lowest BCUT2D eigenvalue weighted by Crippen LogP contribution is -2.43. The van der Waals surface area contributed by atoms with E-state index in [-0.39, 0.29) is 17.3 Å². The summed E-state index contributed by atoms with van der Waals surface area (Å²) in [6, 6.07) is 10.9. The number of carbonyl (C=O) groups excluding carboxylic acids is 1. The van der Waals surface area contributed by atoms with Gasteiger partial charge in [-0.2, -0.15) is 4.31 Å². The van der Waals surface area contributed by atoms with Gasteiger partial charge in [0.2, 0.25) is 15.9 Å². The number of hydrogen-bond acceptors (Lipinski definition) is 5. The van der Waals surface area contributed by atoms with Crippen LogP contribution in [0.25, 0.3) is 11.3 Å². The molecule has 1 aromatic heterocycles. The zero-order valence-electron chi connectivity index (χ0n) is 17.8. The smallest absolute Gasteiger partial charge is 0.243 e. The Balaban J connectivity index is 1.45. The summed E-state index contributed by atoms with van der Waals surface area (Å²) in [5.74, 6) is -1.22. The fourth-order valence-corrected chi connectivity index (χ4v) is 6.13. The summed E-state index contributed by atoms with van der Waals surface area (Å²) in [6.07, 6.45) is 1.17. The van der Waals surface area contributed by atoms with E-state index in [0.717, 1.165) is 29.0 Å². The van der Waals surface area contributed by atoms with Crippen LogP contribution in [-0.4, -0.2) is 36.7 Å². The van der Waals surface area contributed by atoms with Gasteiger partial charge in [0.15, 0.2) is 5.13 Å². The molecular weight excluding hydrogens is 449 g/mol. The number of hydrogen-bond donors (Lipinski definition) is 1. The van der Waals surface area contributed by atoms with E-state index >= 15 is 0 Å². The second-order valence-electron chi connectivity index (χ2n) is 8.00. The van der Waals surface area contributed by atoms with Crippen LogP contribution in [0.15, 0.2) is 52.7 Å². The number of nitrogens with zero attached hydrogens (tertiary/aromatic N) is 2. The highest BCUT2D eigenvalue weighted by Crippen LogP contribution is 2.29. The number of carbonyl (C=O) groups is 1. The van der Waals surface area contributed by atoms with Crippen LogP contribution in [0.2, 0.25) is 0 Å². The van der Waals surface area contributed by atoms with Gasteiger partial charge in [-0.1, -0.05) is 23.8 Å². The first-order chi connectivity index (χ1) is 15.2. The van der Waals surface area contributed by atoms with Crippen LogP contribution in [0.5, 0.6) is 0 Å². The van der Waals surface area contributed by atoms with Crippen molar-refractivity contribution >= 4 is 32.4 Å². The summed E-state index contributed by atoms with van der Waals surface area (Å²) < 4.78 is 40.3. The van der Waals surface area contributed by atoms with Crippen LogP contribution in [-0.2, 0) is 14.8 Å². The van der Waals surface area contributed by atoms with Gasteiger partial charge in [0.1, 0.15) is 5.82 Å². The van der Waals surface area contributed by atoms with E-state index < -0.39 is 21.8 Å². The normalized spacial score (nSPS) is 17.3. The number of anilines is 1. The van der Waals surface area contributed by atoms with Crippen LogP contribution in [0.1, 0.15) is 24.0 Å². The molecule has 1 fully saturated rings. The summed E-state index contributed by atoms with van der Waals surface area (Å²) in [5, 5.41) is 5.24. The first kappa shape index (κ1) is 22.6. The molecule has 0 saturated carbocycles. The predicted octanol–water partition coefficient (Wildman–Crippen LogP) is 4.61. The maximum atomic E-state index is 13.2. The Morgan fingerprint density at radius 3 is 2.66 bits per heavy atom. The minimum atomic E-state index is -3.78. The molecule has 168 valence electrons. The number of halogens is 1. The van der Waals surface area contributed by atoms with Crippen molar-refractivity contribution in [2.24, 2.45) is 5.92 Å². The van der Waals surface area contributed by atoms with Gasteiger partial charge < -0.3 is 5.32 Å². The second kappa shape index (κ2) is 9.09. The molecule has 1 amide bonds. The Morgan fingerprint density at radius 2 is 1.94 bits per heavy atom. The van der Waals surface area contributed by atoms with E-state index in [1.54, 1.807) is 0 Å². The molecular formula is C23H24FN3O3S2. The lowest BCUT2D eigenvalue weighted by molar-refractivity contribution is -0.120. The topological polar surface area (TPSA) is 79.4 Å². The lowest BCUT2D eigenvalue weighted by atomic mass is 9.99. The molecule has 0 bridgehead atoms. The summed E-state index contributed by atoms with van der Waals surface area (Å²) >= 11 is 1.34. The number of amides is 1. The molecule has 0 radical (unpaired) electrons. The standard InChI is InChI=1S/C23H24FN3O3S2/c1-15-5-10-20(16(2)12-15)21-14-31-23(25-21)26-22(28)17-4-3-11-27(13-17)32(29,30)19-8-6-18(24)7-9-19/h5-10,12,14,17H,3-4,11,13H2,1-2H3,(H,25,26,28). The van der Waals surface area contributed by atoms with Crippen molar-refractivity contribution in [1.82, 2.24) is 9.29 Å². The molecule has 1 N–H and O–H groups in total. The molecule has 1 aliphatic heterocycles. The molecule has 1 unspecified atom stereocenters. The predicted molar refractivity (Wildman–Crippen MR) is 124 cm³/mol. The fraction of sp³-hybridized carbons (Fsp3) is 0.304. The van der Waals surface area contributed by atoms with Crippen LogP contribution in [0.3, 0.4) is 0 Å². The molecule has 2 heterocycles. The number of benzene rings is 2. The SMILES string of the molecule is Cc1ccc(-c2csc(NC(=O)C3CCCN(S(=O)(=O)c4ccc(F)cc4)C3)n2)c(C)c1. The van der Waals surface area contributed by atoms with Gasteiger partial charge in [0.05, 0.1) is 16.5 Å². The molecule has 1 saturated heterocycles. The lowest BCUT2D eigenvalue weighted by Gasteiger charge is -2.31. The van der Waals surface area contributed by atoms with Crippen molar-refractivity contribution < 1.29 is 17.6 Å². The zero-order valence-corrected chi connectivity index (χ0v) is 19.5. The highest BCUT2D eigenvalue weighted by molar-refractivity contribution is 7.89. The van der Waals surface area contributed by atoms with Crippen LogP contribution in [0, 0.1) is 25.6 Å². The van der Waals surface area contributed by atoms with Gasteiger partial charge in [0, 0.05) is 24.0 Å². The van der Waals surface area contributed by atoms with E-state index in [4.69, 9.17) is 0 Å². The van der Waals surface area contributed by atoms with E-state index in [2.05, 4.69) is 16.4 Å². The van der Waals surface area contributed by atoms with Gasteiger partial charge in [-0.15, -0.1) is 11.3 Å². The molecule has 0 aliphatic carbocycles. The van der Waals surface area contributed by atoms with Gasteiger partial charge in [-0.3, -0.25) is 4.79 Å². The monoisotopic (exact) mass is 473 g/mol. The average Bonchev–Trinajstić information content (AvgIpc) is 3.22. The fourth-order valence-electron chi connectivity index (χ4n) is 3.89. The average molecular weight is 474 g/mol. The van der Waals surface area contributed by atoms with Crippen LogP contribution in [0.4, 0.5) is 9.52 Å². The quantitative estimate of drug-likeness (QED) is 0.587. The molecule has 6 nitrogen and oxygen atoms in total. The number of thiazole rings is 1. The molecule has 4 rings (SSSR count). The summed E-state index contributed by atoms with van der Waals surface area (Å²) in [5.41, 5.74) is 4.10. The molecule has 2 aromatic carbocycles. The maximum Gasteiger partial charge on any atom is 0.243 e. The van der Waals surface area contributed by atoms with Crippen LogP contribution < -0.4 is 5.32 Å². The van der Waals surface area contributed by atoms with Gasteiger partial charge >= 0.3 is 0 Å². The van der Waals surface area contributed by atoms with E-state index in [9.17, 15) is 17.6 Å². The van der Waals surface area contributed by atoms with Crippen molar-refractivity contribution in [3.8, 4) is 11.3 Å².